The second-order valence-corrected chi connectivity index (χ2v) is 4.90. The van der Waals surface area contributed by atoms with E-state index < -0.39 is 16.1 Å². The third kappa shape index (κ3) is 6.26. The zero-order valence-corrected chi connectivity index (χ0v) is 9.62. The van der Waals surface area contributed by atoms with E-state index in [2.05, 4.69) is 9.88 Å². The molecule has 0 saturated carbocycles. The Balaban J connectivity index is 4.14. The first-order valence-electron chi connectivity index (χ1n) is 4.39. The summed E-state index contributed by atoms with van der Waals surface area (Å²) in [7, 11) is -1.91. The first-order valence-corrected chi connectivity index (χ1v) is 6.04. The predicted molar refractivity (Wildman–Crippen MR) is 56.3 cm³/mol. The molecule has 4 N–H and O–H groups in total. The Hall–Kier alpha value is -0.860. The van der Waals surface area contributed by atoms with Crippen molar-refractivity contribution in [1.82, 2.24) is 4.72 Å². The van der Waals surface area contributed by atoms with E-state index in [-0.39, 0.29) is 11.6 Å². The maximum absolute atomic E-state index is 11.4. The Kier molecular flexibility index (Phi) is 6.21. The minimum absolute atomic E-state index is 0.0517. The van der Waals surface area contributed by atoms with Gasteiger partial charge >= 0.3 is 0 Å². The Morgan fingerprint density at radius 1 is 1.67 bits per heavy atom. The number of hydrogen-bond donors (Lipinski definition) is 3. The number of nitrogens with two attached hydrogens (primary N) is 1. The van der Waals surface area contributed by atoms with Crippen LogP contribution in [-0.4, -0.2) is 45.0 Å². The monoisotopic (exact) mass is 239 g/mol. The average molecular weight is 239 g/mol. The van der Waals surface area contributed by atoms with Gasteiger partial charge in [0.15, 0.2) is 5.84 Å². The lowest BCUT2D eigenvalue weighted by Gasteiger charge is -2.12. The summed E-state index contributed by atoms with van der Waals surface area (Å²) in [6.45, 7) is 1.86. The summed E-state index contributed by atoms with van der Waals surface area (Å²) in [5.74, 6) is -0.227. The van der Waals surface area contributed by atoms with Gasteiger partial charge in [0.05, 0.1) is 11.8 Å². The van der Waals surface area contributed by atoms with Crippen molar-refractivity contribution in [2.75, 3.05) is 19.5 Å². The van der Waals surface area contributed by atoms with Gasteiger partial charge < -0.3 is 15.7 Å². The van der Waals surface area contributed by atoms with Crippen LogP contribution in [0.1, 0.15) is 13.3 Å². The van der Waals surface area contributed by atoms with Crippen LogP contribution in [0.3, 0.4) is 0 Å². The third-order valence-electron chi connectivity index (χ3n) is 1.68. The molecule has 8 heteroatoms. The molecule has 0 aliphatic rings. The molecule has 0 aromatic rings. The van der Waals surface area contributed by atoms with E-state index in [0.29, 0.717) is 13.0 Å². The summed E-state index contributed by atoms with van der Waals surface area (Å²) >= 11 is 0. The number of sulfonamides is 1. The van der Waals surface area contributed by atoms with Crippen molar-refractivity contribution < 1.29 is 18.4 Å². The zero-order valence-electron chi connectivity index (χ0n) is 8.80. The molecular weight excluding hydrogens is 222 g/mol. The molecule has 7 nitrogen and oxygen atoms in total. The molecule has 90 valence electrons. The van der Waals surface area contributed by atoms with Gasteiger partial charge in [-0.3, -0.25) is 0 Å². The maximum Gasteiger partial charge on any atom is 0.212 e. The van der Waals surface area contributed by atoms with Gasteiger partial charge in [-0.15, -0.1) is 0 Å². The highest BCUT2D eigenvalue weighted by Gasteiger charge is 2.16. The molecule has 0 fully saturated rings. The number of hydrogen-bond acceptors (Lipinski definition) is 5. The molecule has 0 saturated heterocycles. The Bertz CT molecular complexity index is 301. The summed E-state index contributed by atoms with van der Waals surface area (Å²) < 4.78 is 29.8. The Morgan fingerprint density at radius 3 is 2.73 bits per heavy atom. The molecule has 0 aromatic carbocycles. The quantitative estimate of drug-likeness (QED) is 0.175. The van der Waals surface area contributed by atoms with Crippen LogP contribution < -0.4 is 10.5 Å². The number of rotatable bonds is 7. The minimum Gasteiger partial charge on any atom is -0.409 e. The highest BCUT2D eigenvalue weighted by atomic mass is 32.2. The summed E-state index contributed by atoms with van der Waals surface area (Å²) in [6, 6.07) is -0.720. The lowest BCUT2D eigenvalue weighted by molar-refractivity contribution is 0.199. The molecule has 0 aliphatic carbocycles. The van der Waals surface area contributed by atoms with Gasteiger partial charge in [0, 0.05) is 13.7 Å². The number of ether oxygens (including phenoxy) is 1. The van der Waals surface area contributed by atoms with E-state index in [1.165, 1.54) is 14.0 Å². The van der Waals surface area contributed by atoms with E-state index in [0.717, 1.165) is 0 Å². The van der Waals surface area contributed by atoms with Crippen molar-refractivity contribution in [2.24, 2.45) is 10.9 Å². The second kappa shape index (κ2) is 6.59. The van der Waals surface area contributed by atoms with E-state index >= 15 is 0 Å². The number of nitrogens with one attached hydrogen (secondary N) is 1. The van der Waals surface area contributed by atoms with E-state index in [9.17, 15) is 8.42 Å². The normalized spacial score (nSPS) is 15.2. The highest BCUT2D eigenvalue weighted by Crippen LogP contribution is 1.93. The minimum atomic E-state index is -3.41. The fourth-order valence-corrected chi connectivity index (χ4v) is 2.14. The Morgan fingerprint density at radius 2 is 2.27 bits per heavy atom. The molecule has 0 radical (unpaired) electrons. The van der Waals surface area contributed by atoms with E-state index in [1.807, 2.05) is 0 Å². The maximum atomic E-state index is 11.4. The molecule has 0 aliphatic heterocycles. The molecule has 0 bridgehead atoms. The fraction of sp³-hybridized carbons (Fsp3) is 0.857. The smallest absolute Gasteiger partial charge is 0.212 e. The molecule has 0 spiro atoms. The molecular formula is C7H17N3O4S. The van der Waals surface area contributed by atoms with Crippen LogP contribution in [0.25, 0.3) is 0 Å². The molecule has 1 atom stereocenters. The first-order chi connectivity index (χ1) is 6.93. The number of amidine groups is 1. The summed E-state index contributed by atoms with van der Waals surface area (Å²) in [6.07, 6.45) is 0.398. The lowest BCUT2D eigenvalue weighted by atomic mass is 10.3. The number of nitrogens with zero attached hydrogens (tertiary/aromatic N) is 1. The van der Waals surface area contributed by atoms with Crippen LogP contribution in [0, 0.1) is 0 Å². The summed E-state index contributed by atoms with van der Waals surface area (Å²) in [4.78, 5) is 0. The largest absolute Gasteiger partial charge is 0.409 e. The van der Waals surface area contributed by atoms with Crippen LogP contribution in [-0.2, 0) is 14.8 Å². The molecule has 15 heavy (non-hydrogen) atoms. The number of oxime groups is 1. The van der Waals surface area contributed by atoms with Gasteiger partial charge in [0.25, 0.3) is 0 Å². The van der Waals surface area contributed by atoms with Crippen LogP contribution in [0.5, 0.6) is 0 Å². The van der Waals surface area contributed by atoms with Gasteiger partial charge in [-0.1, -0.05) is 5.16 Å². The molecule has 0 amide bonds. The molecule has 1 unspecified atom stereocenters. The van der Waals surface area contributed by atoms with Gasteiger partial charge in [-0.05, 0) is 13.3 Å². The Labute approximate surface area is 89.3 Å². The summed E-state index contributed by atoms with van der Waals surface area (Å²) in [5.41, 5.74) is 5.23. The topological polar surface area (TPSA) is 114 Å². The zero-order chi connectivity index (χ0) is 11.9. The van der Waals surface area contributed by atoms with Crippen molar-refractivity contribution in [3.63, 3.8) is 0 Å². The van der Waals surface area contributed by atoms with Crippen LogP contribution in [0.4, 0.5) is 0 Å². The standard InChI is InChI=1S/C7H17N3O4S/c1-6(7(8)9-11)10-15(12,13)5-3-4-14-2/h6,10-11H,3-5H2,1-2H3,(H2,8,9). The molecule has 0 heterocycles. The van der Waals surface area contributed by atoms with Crippen LogP contribution in [0.15, 0.2) is 5.16 Å². The lowest BCUT2D eigenvalue weighted by Crippen LogP contribution is -2.43. The second-order valence-electron chi connectivity index (χ2n) is 3.03. The van der Waals surface area contributed by atoms with E-state index in [4.69, 9.17) is 15.7 Å². The van der Waals surface area contributed by atoms with Crippen molar-refractivity contribution in [1.29, 1.82) is 0 Å². The van der Waals surface area contributed by atoms with Crippen molar-refractivity contribution >= 4 is 15.9 Å². The van der Waals surface area contributed by atoms with Crippen LogP contribution >= 0.6 is 0 Å². The average Bonchev–Trinajstić information content (AvgIpc) is 2.16. The first kappa shape index (κ1) is 14.1. The van der Waals surface area contributed by atoms with E-state index in [1.54, 1.807) is 0 Å². The highest BCUT2D eigenvalue weighted by molar-refractivity contribution is 7.89. The SMILES string of the molecule is COCCCS(=O)(=O)NC(C)C(N)=NO. The number of methoxy groups -OCH3 is 1. The third-order valence-corrected chi connectivity index (χ3v) is 3.22. The van der Waals surface area contributed by atoms with Crippen LogP contribution in [0.2, 0.25) is 0 Å². The van der Waals surface area contributed by atoms with Crippen molar-refractivity contribution in [3.8, 4) is 0 Å². The van der Waals surface area contributed by atoms with Gasteiger partial charge in [0.1, 0.15) is 0 Å². The van der Waals surface area contributed by atoms with Crippen molar-refractivity contribution in [2.45, 2.75) is 19.4 Å². The van der Waals surface area contributed by atoms with Crippen molar-refractivity contribution in [3.05, 3.63) is 0 Å². The summed E-state index contributed by atoms with van der Waals surface area (Å²) in [5, 5.41) is 11.0. The fourth-order valence-electron chi connectivity index (χ4n) is 0.869. The predicted octanol–water partition coefficient (Wildman–Crippen LogP) is -0.923. The molecule has 0 aromatic heterocycles. The van der Waals surface area contributed by atoms with Gasteiger partial charge in [-0.25, -0.2) is 13.1 Å². The van der Waals surface area contributed by atoms with Gasteiger partial charge in [-0.2, -0.15) is 0 Å². The molecule has 0 rings (SSSR count). The van der Waals surface area contributed by atoms with Gasteiger partial charge in [0.2, 0.25) is 10.0 Å².